The Hall–Kier alpha value is -3.36. The summed E-state index contributed by atoms with van der Waals surface area (Å²) in [5.41, 5.74) is 0.698. The molecule has 1 amide bonds. The second-order valence-corrected chi connectivity index (χ2v) is 9.29. The van der Waals surface area contributed by atoms with Crippen molar-refractivity contribution in [2.75, 3.05) is 27.8 Å². The summed E-state index contributed by atoms with van der Waals surface area (Å²) in [6.45, 7) is -0.546. The van der Waals surface area contributed by atoms with Gasteiger partial charge in [-0.25, -0.2) is 17.9 Å². The number of halogens is 3. The van der Waals surface area contributed by atoms with Gasteiger partial charge in [-0.15, -0.1) is 5.10 Å². The average molecular weight is 551 g/mol. The molecular weight excluding hydrogens is 521 g/mol. The summed E-state index contributed by atoms with van der Waals surface area (Å²) in [6, 6.07) is 9.61. The first-order valence-corrected chi connectivity index (χ1v) is 12.1. The third kappa shape index (κ3) is 5.97. The number of likely N-dealkylation sites (N-methyl/N-ethyl adjacent to an activating group) is 1. The number of carbonyl (C=O) groups is 1. The second kappa shape index (κ2) is 12.2. The summed E-state index contributed by atoms with van der Waals surface area (Å²) in [6.07, 6.45) is -4.65. The van der Waals surface area contributed by atoms with E-state index in [0.717, 1.165) is 17.7 Å². The number of ether oxygens (including phenoxy) is 3. The molecule has 0 radical (unpaired) electrons. The summed E-state index contributed by atoms with van der Waals surface area (Å²) in [5.74, 6) is -4.87. The predicted molar refractivity (Wildman–Crippen MR) is 131 cm³/mol. The Kier molecular flexibility index (Phi) is 8.97. The Labute approximate surface area is 222 Å². The Morgan fingerprint density at radius 3 is 2.44 bits per heavy atom. The van der Waals surface area contributed by atoms with Crippen LogP contribution in [0.5, 0.6) is 0 Å². The van der Waals surface area contributed by atoms with Gasteiger partial charge in [-0.1, -0.05) is 35.5 Å². The molecule has 1 saturated heterocycles. The highest BCUT2D eigenvalue weighted by Gasteiger charge is 2.52. The molecule has 4 rings (SSSR count). The number of nitrogens with zero attached hydrogens (tertiary/aromatic N) is 4. The largest absolute Gasteiger partial charge is 0.394 e. The maximum Gasteiger partial charge on any atom is 0.254 e. The fourth-order valence-corrected chi connectivity index (χ4v) is 4.52. The van der Waals surface area contributed by atoms with Crippen LogP contribution in [0.3, 0.4) is 0 Å². The number of methoxy groups -OCH3 is 1. The zero-order valence-corrected chi connectivity index (χ0v) is 21.4. The maximum absolute atomic E-state index is 13.8. The van der Waals surface area contributed by atoms with Crippen LogP contribution >= 0.6 is 0 Å². The lowest BCUT2D eigenvalue weighted by atomic mass is 9.89. The highest BCUT2D eigenvalue weighted by atomic mass is 19.2. The molecule has 3 aromatic rings. The standard InChI is InChI=1S/C26H29F3N4O6/c1-32(2)26(36)25(38-13-14-7-5-4-6-8-14)24-23(37-3)21(22(35)19(12-34)39-24)33-11-18(30-31-33)15-9-16(27)20(29)17(28)10-15/h4-11,19,21-25,34-35H,12-13H2,1-3H3/t19?,21?,22?,23?,24?,25-/m0/s1. The molecule has 0 bridgehead atoms. The van der Waals surface area contributed by atoms with Gasteiger partial charge in [0.15, 0.2) is 23.6 Å². The third-order valence-electron chi connectivity index (χ3n) is 6.53. The molecule has 2 heterocycles. The minimum Gasteiger partial charge on any atom is -0.394 e. The van der Waals surface area contributed by atoms with Crippen molar-refractivity contribution < 1.29 is 42.4 Å². The molecule has 0 spiro atoms. The smallest absolute Gasteiger partial charge is 0.254 e. The van der Waals surface area contributed by atoms with E-state index in [9.17, 15) is 28.2 Å². The first kappa shape index (κ1) is 28.6. The van der Waals surface area contributed by atoms with E-state index < -0.39 is 66.5 Å². The highest BCUT2D eigenvalue weighted by molar-refractivity contribution is 5.81. The molecule has 39 heavy (non-hydrogen) atoms. The molecule has 1 aliphatic rings. The lowest BCUT2D eigenvalue weighted by Crippen LogP contribution is -2.62. The zero-order valence-electron chi connectivity index (χ0n) is 21.4. The Morgan fingerprint density at radius 1 is 1.18 bits per heavy atom. The van der Waals surface area contributed by atoms with E-state index in [4.69, 9.17) is 14.2 Å². The van der Waals surface area contributed by atoms with Crippen molar-refractivity contribution in [3.8, 4) is 11.3 Å². The number of hydrogen-bond donors (Lipinski definition) is 2. The number of aliphatic hydroxyl groups excluding tert-OH is 2. The van der Waals surface area contributed by atoms with E-state index >= 15 is 0 Å². The average Bonchev–Trinajstić information content (AvgIpc) is 3.42. The Morgan fingerprint density at radius 2 is 1.85 bits per heavy atom. The fourth-order valence-electron chi connectivity index (χ4n) is 4.52. The molecule has 210 valence electrons. The summed E-state index contributed by atoms with van der Waals surface area (Å²) >= 11 is 0. The van der Waals surface area contributed by atoms with E-state index in [-0.39, 0.29) is 17.9 Å². The number of amides is 1. The van der Waals surface area contributed by atoms with Crippen LogP contribution in [-0.2, 0) is 25.6 Å². The summed E-state index contributed by atoms with van der Waals surface area (Å²) in [7, 11) is 4.44. The molecule has 1 aliphatic heterocycles. The van der Waals surface area contributed by atoms with Gasteiger partial charge in [0, 0.05) is 26.8 Å². The number of rotatable bonds is 9. The Bertz CT molecular complexity index is 1250. The van der Waals surface area contributed by atoms with Crippen molar-refractivity contribution in [2.24, 2.45) is 0 Å². The first-order valence-electron chi connectivity index (χ1n) is 12.1. The van der Waals surface area contributed by atoms with Crippen LogP contribution in [0.15, 0.2) is 48.7 Å². The molecule has 2 aromatic carbocycles. The molecule has 2 N–H and O–H groups in total. The summed E-state index contributed by atoms with van der Waals surface area (Å²) in [5, 5.41) is 29.0. The van der Waals surface area contributed by atoms with E-state index in [1.54, 1.807) is 14.1 Å². The molecule has 1 fully saturated rings. The van der Waals surface area contributed by atoms with Crippen LogP contribution < -0.4 is 0 Å². The van der Waals surface area contributed by atoms with Crippen molar-refractivity contribution in [1.82, 2.24) is 19.9 Å². The molecule has 0 saturated carbocycles. The maximum atomic E-state index is 13.8. The van der Waals surface area contributed by atoms with Crippen LogP contribution in [-0.4, -0.2) is 94.3 Å². The zero-order chi connectivity index (χ0) is 28.3. The van der Waals surface area contributed by atoms with E-state index in [1.807, 2.05) is 30.3 Å². The van der Waals surface area contributed by atoms with Gasteiger partial charge in [-0.05, 0) is 17.7 Å². The van der Waals surface area contributed by atoms with Crippen molar-refractivity contribution in [3.63, 3.8) is 0 Å². The van der Waals surface area contributed by atoms with Crippen molar-refractivity contribution in [3.05, 3.63) is 71.7 Å². The number of aliphatic hydroxyl groups is 2. The van der Waals surface area contributed by atoms with Gasteiger partial charge < -0.3 is 29.3 Å². The predicted octanol–water partition coefficient (Wildman–Crippen LogP) is 1.71. The van der Waals surface area contributed by atoms with Crippen LogP contribution in [0.1, 0.15) is 11.6 Å². The number of carbonyl (C=O) groups excluding carboxylic acids is 1. The normalized spacial score (nSPS) is 23.9. The molecular formula is C26H29F3N4O6. The molecule has 1 aromatic heterocycles. The van der Waals surface area contributed by atoms with Gasteiger partial charge in [-0.2, -0.15) is 0 Å². The van der Waals surface area contributed by atoms with Crippen LogP contribution in [0, 0.1) is 17.5 Å². The van der Waals surface area contributed by atoms with Gasteiger partial charge in [0.05, 0.1) is 19.4 Å². The number of hydrogen-bond acceptors (Lipinski definition) is 8. The molecule has 5 unspecified atom stereocenters. The minimum atomic E-state index is -1.62. The van der Waals surface area contributed by atoms with E-state index in [1.165, 1.54) is 22.9 Å². The third-order valence-corrected chi connectivity index (χ3v) is 6.53. The molecule has 0 aliphatic carbocycles. The number of aromatic nitrogens is 3. The quantitative estimate of drug-likeness (QED) is 0.387. The molecule has 6 atom stereocenters. The Balaban J connectivity index is 1.70. The second-order valence-electron chi connectivity index (χ2n) is 9.29. The van der Waals surface area contributed by atoms with Crippen LogP contribution in [0.4, 0.5) is 13.2 Å². The van der Waals surface area contributed by atoms with Gasteiger partial charge in [0.1, 0.15) is 36.2 Å². The minimum absolute atomic E-state index is 0.0142. The van der Waals surface area contributed by atoms with Crippen molar-refractivity contribution >= 4 is 5.91 Å². The van der Waals surface area contributed by atoms with Gasteiger partial charge in [0.25, 0.3) is 5.91 Å². The molecule has 10 nitrogen and oxygen atoms in total. The SMILES string of the molecule is COC1C([C@H](OCc2ccccc2)C(=O)N(C)C)OC(CO)C(O)C1n1cc(-c2cc(F)c(F)c(F)c2)nn1. The van der Waals surface area contributed by atoms with Crippen LogP contribution in [0.25, 0.3) is 11.3 Å². The topological polar surface area (TPSA) is 119 Å². The van der Waals surface area contributed by atoms with Gasteiger partial charge >= 0.3 is 0 Å². The highest BCUT2D eigenvalue weighted by Crippen LogP contribution is 2.35. The summed E-state index contributed by atoms with van der Waals surface area (Å²) in [4.78, 5) is 14.6. The van der Waals surface area contributed by atoms with Gasteiger partial charge in [-0.3, -0.25) is 4.79 Å². The van der Waals surface area contributed by atoms with Crippen molar-refractivity contribution in [1.29, 1.82) is 0 Å². The van der Waals surface area contributed by atoms with E-state index in [0.29, 0.717) is 0 Å². The van der Waals surface area contributed by atoms with E-state index in [2.05, 4.69) is 10.3 Å². The fraction of sp³-hybridized carbons (Fsp3) is 0.423. The van der Waals surface area contributed by atoms with Gasteiger partial charge in [0.2, 0.25) is 0 Å². The van der Waals surface area contributed by atoms with Crippen molar-refractivity contribution in [2.45, 2.75) is 43.2 Å². The molecule has 13 heteroatoms. The lowest BCUT2D eigenvalue weighted by molar-refractivity contribution is -0.242. The first-order chi connectivity index (χ1) is 18.7. The number of benzene rings is 2. The summed E-state index contributed by atoms with van der Waals surface area (Å²) < 4.78 is 59.9. The lowest BCUT2D eigenvalue weighted by Gasteiger charge is -2.45. The monoisotopic (exact) mass is 550 g/mol. The van der Waals surface area contributed by atoms with Crippen LogP contribution in [0.2, 0.25) is 0 Å².